The fourth-order valence-corrected chi connectivity index (χ4v) is 5.63. The first-order valence-corrected chi connectivity index (χ1v) is 11.2. The molecule has 3 aliphatic rings. The molecule has 1 aliphatic carbocycles. The van der Waals surface area contributed by atoms with Crippen LogP contribution in [-0.4, -0.2) is 40.9 Å². The van der Waals surface area contributed by atoms with Gasteiger partial charge in [0.05, 0.1) is 0 Å². The summed E-state index contributed by atoms with van der Waals surface area (Å²) in [5.41, 5.74) is 2.45. The first-order chi connectivity index (χ1) is 14.5. The first-order valence-electron chi connectivity index (χ1n) is 10.2. The molecule has 5 rings (SSSR count). The van der Waals surface area contributed by atoms with Crippen molar-refractivity contribution >= 4 is 29.1 Å². The molecule has 2 aromatic carbocycles. The second-order valence-corrected chi connectivity index (χ2v) is 9.28. The van der Waals surface area contributed by atoms with Crippen molar-refractivity contribution in [2.24, 2.45) is 0 Å². The smallest absolute Gasteiger partial charge is 0.243 e. The van der Waals surface area contributed by atoms with Crippen LogP contribution in [-0.2, 0) is 16.1 Å². The van der Waals surface area contributed by atoms with E-state index < -0.39 is 11.6 Å². The SMILES string of the molecule is Cc1ccc(CN2CCC3(CC2)CSC2=C(O3)c3ccccc3C(=O)C2=O)cc1F. The third-order valence-corrected chi connectivity index (χ3v) is 7.57. The topological polar surface area (TPSA) is 46.6 Å². The van der Waals surface area contributed by atoms with Gasteiger partial charge in [0.15, 0.2) is 0 Å². The average molecular weight is 424 g/mol. The molecule has 0 saturated carbocycles. The van der Waals surface area contributed by atoms with Gasteiger partial charge in [-0.05, 0) is 24.1 Å². The molecule has 1 saturated heterocycles. The molecular formula is C24H22FNO3S. The molecule has 2 heterocycles. The molecule has 154 valence electrons. The summed E-state index contributed by atoms with van der Waals surface area (Å²) in [5.74, 6) is 0.169. The van der Waals surface area contributed by atoms with E-state index >= 15 is 0 Å². The summed E-state index contributed by atoms with van der Waals surface area (Å²) >= 11 is 1.45. The van der Waals surface area contributed by atoms with Crippen LogP contribution in [0.25, 0.3) is 5.76 Å². The Morgan fingerprint density at radius 2 is 1.80 bits per heavy atom. The number of carbonyl (C=O) groups is 2. The summed E-state index contributed by atoms with van der Waals surface area (Å²) in [6.45, 7) is 4.16. The predicted molar refractivity (Wildman–Crippen MR) is 115 cm³/mol. The van der Waals surface area contributed by atoms with Crippen molar-refractivity contribution in [3.05, 3.63) is 75.4 Å². The van der Waals surface area contributed by atoms with Crippen LogP contribution in [0.3, 0.4) is 0 Å². The molecule has 2 aromatic rings. The van der Waals surface area contributed by atoms with E-state index in [1.807, 2.05) is 24.3 Å². The number of piperidine rings is 1. The monoisotopic (exact) mass is 423 g/mol. The molecular weight excluding hydrogens is 401 g/mol. The van der Waals surface area contributed by atoms with Crippen molar-refractivity contribution in [2.45, 2.75) is 31.9 Å². The standard InChI is InChI=1S/C24H22FNO3S/c1-15-6-7-16(12-19(15)25)13-26-10-8-24(9-11-26)14-30-23-21(28)20(27)17-4-2-3-5-18(17)22(23)29-24/h2-7,12H,8-11,13-14H2,1H3. The number of ketones is 2. The lowest BCUT2D eigenvalue weighted by Crippen LogP contribution is -2.49. The van der Waals surface area contributed by atoms with Gasteiger partial charge < -0.3 is 4.74 Å². The maximum absolute atomic E-state index is 13.9. The number of thioether (sulfide) groups is 1. The number of halogens is 1. The molecule has 0 amide bonds. The van der Waals surface area contributed by atoms with Crippen LogP contribution in [0.5, 0.6) is 0 Å². The van der Waals surface area contributed by atoms with Gasteiger partial charge in [0.1, 0.15) is 22.1 Å². The van der Waals surface area contributed by atoms with Crippen LogP contribution in [0.4, 0.5) is 4.39 Å². The summed E-state index contributed by atoms with van der Waals surface area (Å²) in [7, 11) is 0. The van der Waals surface area contributed by atoms with Crippen LogP contribution in [0.2, 0.25) is 0 Å². The molecule has 0 N–H and O–H groups in total. The van der Waals surface area contributed by atoms with E-state index in [0.29, 0.717) is 34.1 Å². The number of ether oxygens (including phenoxy) is 1. The van der Waals surface area contributed by atoms with E-state index in [9.17, 15) is 14.0 Å². The Morgan fingerprint density at radius 1 is 1.07 bits per heavy atom. The molecule has 2 aliphatic heterocycles. The van der Waals surface area contributed by atoms with Crippen LogP contribution in [0.15, 0.2) is 47.4 Å². The summed E-state index contributed by atoms with van der Waals surface area (Å²) < 4.78 is 20.4. The minimum atomic E-state index is -0.456. The van der Waals surface area contributed by atoms with Gasteiger partial charge in [-0.3, -0.25) is 14.5 Å². The number of likely N-dealkylation sites (tertiary alicyclic amines) is 1. The summed E-state index contributed by atoms with van der Waals surface area (Å²) in [5, 5.41) is 0. The highest BCUT2D eigenvalue weighted by Gasteiger charge is 2.45. The average Bonchev–Trinajstić information content (AvgIpc) is 2.76. The summed E-state index contributed by atoms with van der Waals surface area (Å²) in [4.78, 5) is 27.7. The number of allylic oxidation sites excluding steroid dienone is 1. The maximum atomic E-state index is 13.9. The van der Waals surface area contributed by atoms with E-state index in [-0.39, 0.29) is 11.4 Å². The number of benzene rings is 2. The number of nitrogens with zero attached hydrogens (tertiary/aromatic N) is 1. The zero-order chi connectivity index (χ0) is 20.9. The van der Waals surface area contributed by atoms with Crippen molar-refractivity contribution in [1.82, 2.24) is 4.90 Å². The highest BCUT2D eigenvalue weighted by Crippen LogP contribution is 2.47. The van der Waals surface area contributed by atoms with Gasteiger partial charge in [0.2, 0.25) is 11.6 Å². The van der Waals surface area contributed by atoms with E-state index in [2.05, 4.69) is 4.90 Å². The molecule has 30 heavy (non-hydrogen) atoms. The number of Topliss-reactive ketones (excluding diaryl/α,β-unsaturated/α-hetero) is 2. The number of fused-ring (bicyclic) bond motifs is 2. The number of carbonyl (C=O) groups excluding carboxylic acids is 2. The Bertz CT molecular complexity index is 1090. The third kappa shape index (κ3) is 3.28. The minimum absolute atomic E-state index is 0.164. The van der Waals surface area contributed by atoms with E-state index in [1.165, 1.54) is 11.8 Å². The fraction of sp³-hybridized carbons (Fsp3) is 0.333. The van der Waals surface area contributed by atoms with E-state index in [4.69, 9.17) is 4.74 Å². The minimum Gasteiger partial charge on any atom is -0.484 e. The highest BCUT2D eigenvalue weighted by atomic mass is 32.2. The van der Waals surface area contributed by atoms with Crippen LogP contribution in [0, 0.1) is 12.7 Å². The van der Waals surface area contributed by atoms with Crippen molar-refractivity contribution in [2.75, 3.05) is 18.8 Å². The lowest BCUT2D eigenvalue weighted by molar-refractivity contribution is -0.111. The van der Waals surface area contributed by atoms with Gasteiger partial charge in [-0.15, -0.1) is 11.8 Å². The molecule has 1 fully saturated rings. The highest BCUT2D eigenvalue weighted by molar-refractivity contribution is 8.04. The zero-order valence-electron chi connectivity index (χ0n) is 16.7. The number of aryl methyl sites for hydroxylation is 1. The van der Waals surface area contributed by atoms with Crippen LogP contribution < -0.4 is 0 Å². The zero-order valence-corrected chi connectivity index (χ0v) is 17.6. The Kier molecular flexibility index (Phi) is 4.79. The lowest BCUT2D eigenvalue weighted by Gasteiger charge is -2.45. The summed E-state index contributed by atoms with van der Waals surface area (Å²) in [6.07, 6.45) is 1.66. The van der Waals surface area contributed by atoms with E-state index in [0.717, 1.165) is 37.1 Å². The summed E-state index contributed by atoms with van der Waals surface area (Å²) in [6, 6.07) is 12.6. The van der Waals surface area contributed by atoms with Gasteiger partial charge in [-0.25, -0.2) is 4.39 Å². The molecule has 0 radical (unpaired) electrons. The Morgan fingerprint density at radius 3 is 2.53 bits per heavy atom. The van der Waals surface area contributed by atoms with Crippen molar-refractivity contribution in [3.63, 3.8) is 0 Å². The van der Waals surface area contributed by atoms with Gasteiger partial charge in [-0.2, -0.15) is 0 Å². The fourth-order valence-electron chi connectivity index (χ4n) is 4.37. The van der Waals surface area contributed by atoms with Gasteiger partial charge in [-0.1, -0.05) is 36.4 Å². The second kappa shape index (κ2) is 7.36. The quantitative estimate of drug-likeness (QED) is 0.672. The Balaban J connectivity index is 1.33. The molecule has 1 spiro atoms. The molecule has 0 unspecified atom stereocenters. The molecule has 6 heteroatoms. The van der Waals surface area contributed by atoms with Gasteiger partial charge >= 0.3 is 0 Å². The van der Waals surface area contributed by atoms with Crippen LogP contribution >= 0.6 is 11.8 Å². The number of hydrogen-bond acceptors (Lipinski definition) is 5. The Hall–Kier alpha value is -2.44. The molecule has 0 bridgehead atoms. The molecule has 0 atom stereocenters. The first kappa shape index (κ1) is 19.5. The van der Waals surface area contributed by atoms with E-state index in [1.54, 1.807) is 25.1 Å². The molecule has 4 nitrogen and oxygen atoms in total. The molecule has 0 aromatic heterocycles. The van der Waals surface area contributed by atoms with Crippen LogP contribution in [0.1, 0.15) is 39.9 Å². The number of hydrogen-bond donors (Lipinski definition) is 0. The maximum Gasteiger partial charge on any atom is 0.243 e. The largest absolute Gasteiger partial charge is 0.484 e. The van der Waals surface area contributed by atoms with Gasteiger partial charge in [0.25, 0.3) is 0 Å². The third-order valence-electron chi connectivity index (χ3n) is 6.24. The Labute approximate surface area is 179 Å². The second-order valence-electron chi connectivity index (χ2n) is 8.30. The van der Waals surface area contributed by atoms with Crippen molar-refractivity contribution in [3.8, 4) is 0 Å². The normalized spacial score (nSPS) is 20.7. The predicted octanol–water partition coefficient (Wildman–Crippen LogP) is 4.37. The lowest BCUT2D eigenvalue weighted by atomic mass is 9.90. The van der Waals surface area contributed by atoms with Crippen molar-refractivity contribution < 1.29 is 18.7 Å². The number of rotatable bonds is 2. The van der Waals surface area contributed by atoms with Crippen molar-refractivity contribution in [1.29, 1.82) is 0 Å². The van der Waals surface area contributed by atoms with Gasteiger partial charge in [0, 0.05) is 49.4 Å².